The van der Waals surface area contributed by atoms with Gasteiger partial charge >= 0.3 is 0 Å². The first kappa shape index (κ1) is 12.9. The van der Waals surface area contributed by atoms with E-state index in [9.17, 15) is 0 Å². The summed E-state index contributed by atoms with van der Waals surface area (Å²) in [4.78, 5) is 4.12. The number of hydrogen-bond acceptors (Lipinski definition) is 3. The maximum atomic E-state index is 5.98. The van der Waals surface area contributed by atoms with Gasteiger partial charge in [0, 0.05) is 25.2 Å². The van der Waals surface area contributed by atoms with Crippen molar-refractivity contribution in [2.45, 2.75) is 26.4 Å². The summed E-state index contributed by atoms with van der Waals surface area (Å²) in [5.41, 5.74) is 3.32. The predicted molar refractivity (Wildman–Crippen MR) is 79.4 cm³/mol. The summed E-state index contributed by atoms with van der Waals surface area (Å²) < 4.78 is 7.99. The van der Waals surface area contributed by atoms with Crippen LogP contribution in [0.4, 0.5) is 0 Å². The zero-order valence-electron chi connectivity index (χ0n) is 12.1. The first-order valence-electron chi connectivity index (χ1n) is 6.83. The summed E-state index contributed by atoms with van der Waals surface area (Å²) in [6, 6.07) is 8.33. The molecule has 3 rings (SSSR count). The van der Waals surface area contributed by atoms with Gasteiger partial charge in [0.15, 0.2) is 0 Å². The van der Waals surface area contributed by atoms with Crippen LogP contribution in [0.1, 0.15) is 30.0 Å². The van der Waals surface area contributed by atoms with Gasteiger partial charge in [-0.05, 0) is 25.5 Å². The summed E-state index contributed by atoms with van der Waals surface area (Å²) >= 11 is 0. The van der Waals surface area contributed by atoms with Crippen molar-refractivity contribution in [3.05, 3.63) is 53.8 Å². The van der Waals surface area contributed by atoms with Crippen molar-refractivity contribution in [3.8, 4) is 0 Å². The van der Waals surface area contributed by atoms with E-state index >= 15 is 0 Å². The van der Waals surface area contributed by atoms with E-state index in [0.29, 0.717) is 0 Å². The third-order valence-corrected chi connectivity index (χ3v) is 3.78. The number of fused-ring (bicyclic) bond motifs is 1. The lowest BCUT2D eigenvalue weighted by Gasteiger charge is -2.12. The number of benzene rings is 1. The monoisotopic (exact) mass is 269 g/mol. The number of furan rings is 1. The fourth-order valence-electron chi connectivity index (χ4n) is 2.51. The second-order valence-electron chi connectivity index (χ2n) is 5.19. The van der Waals surface area contributed by atoms with E-state index < -0.39 is 0 Å². The number of rotatable bonds is 4. The summed E-state index contributed by atoms with van der Waals surface area (Å²) in [5, 5.41) is 4.68. The van der Waals surface area contributed by atoms with Crippen molar-refractivity contribution in [1.29, 1.82) is 0 Å². The smallest absolute Gasteiger partial charge is 0.134 e. The highest BCUT2D eigenvalue weighted by molar-refractivity contribution is 5.82. The summed E-state index contributed by atoms with van der Waals surface area (Å²) in [6.07, 6.45) is 3.69. The highest BCUT2D eigenvalue weighted by Crippen LogP contribution is 2.29. The number of imidazole rings is 1. The van der Waals surface area contributed by atoms with Crippen LogP contribution in [0.25, 0.3) is 11.0 Å². The van der Waals surface area contributed by atoms with Crippen LogP contribution in [0.2, 0.25) is 0 Å². The van der Waals surface area contributed by atoms with Crippen LogP contribution in [0.5, 0.6) is 0 Å². The van der Waals surface area contributed by atoms with Crippen LogP contribution in [0.3, 0.4) is 0 Å². The van der Waals surface area contributed by atoms with Crippen molar-refractivity contribution >= 4 is 11.0 Å². The second kappa shape index (κ2) is 5.13. The van der Waals surface area contributed by atoms with Gasteiger partial charge in [-0.15, -0.1) is 0 Å². The molecule has 0 amide bonds. The molecule has 3 aromatic rings. The van der Waals surface area contributed by atoms with E-state index in [4.69, 9.17) is 4.42 Å². The molecule has 4 nitrogen and oxygen atoms in total. The summed E-state index contributed by atoms with van der Waals surface area (Å²) in [6.45, 7) is 5.01. The molecule has 20 heavy (non-hydrogen) atoms. The Labute approximate surface area is 118 Å². The van der Waals surface area contributed by atoms with E-state index in [1.54, 1.807) is 0 Å². The normalized spacial score (nSPS) is 12.9. The van der Waals surface area contributed by atoms with Gasteiger partial charge in [-0.2, -0.15) is 0 Å². The molecule has 1 N–H and O–H groups in total. The predicted octanol–water partition coefficient (Wildman–Crippen LogP) is 3.33. The minimum atomic E-state index is 0.164. The van der Waals surface area contributed by atoms with E-state index in [-0.39, 0.29) is 6.04 Å². The van der Waals surface area contributed by atoms with Crippen LogP contribution in [0, 0.1) is 6.92 Å². The van der Waals surface area contributed by atoms with Gasteiger partial charge in [-0.1, -0.05) is 18.2 Å². The standard InChI is InChI=1S/C16H19N3O/c1-11-14-6-4-5-7-15(14)20-16(11)12(2)18-9-13-8-17-10-19(13)3/h4-8,10,12,18H,9H2,1-3H3. The lowest BCUT2D eigenvalue weighted by atomic mass is 10.1. The molecule has 0 bridgehead atoms. The van der Waals surface area contributed by atoms with Gasteiger partial charge in [0.05, 0.1) is 18.1 Å². The molecule has 4 heteroatoms. The van der Waals surface area contributed by atoms with Gasteiger partial charge in [-0.25, -0.2) is 4.98 Å². The molecule has 0 fully saturated rings. The minimum absolute atomic E-state index is 0.164. The topological polar surface area (TPSA) is 43.0 Å². The lowest BCUT2D eigenvalue weighted by Crippen LogP contribution is -2.19. The van der Waals surface area contributed by atoms with E-state index in [0.717, 1.165) is 23.6 Å². The van der Waals surface area contributed by atoms with Crippen molar-refractivity contribution < 1.29 is 4.42 Å². The number of nitrogens with one attached hydrogen (secondary N) is 1. The molecule has 0 spiro atoms. The van der Waals surface area contributed by atoms with Crippen molar-refractivity contribution in [1.82, 2.24) is 14.9 Å². The Balaban J connectivity index is 1.80. The highest BCUT2D eigenvalue weighted by Gasteiger charge is 2.16. The molecule has 0 aliphatic carbocycles. The lowest BCUT2D eigenvalue weighted by molar-refractivity contribution is 0.443. The van der Waals surface area contributed by atoms with Gasteiger partial charge < -0.3 is 14.3 Å². The molecule has 0 aliphatic rings. The van der Waals surface area contributed by atoms with E-state index in [2.05, 4.69) is 30.2 Å². The number of nitrogens with zero attached hydrogens (tertiary/aromatic N) is 2. The third kappa shape index (κ3) is 2.23. The minimum Gasteiger partial charge on any atom is -0.459 e. The molecule has 1 unspecified atom stereocenters. The molecule has 2 heterocycles. The largest absolute Gasteiger partial charge is 0.459 e. The summed E-state index contributed by atoms with van der Waals surface area (Å²) in [5.74, 6) is 1.01. The fraction of sp³-hybridized carbons (Fsp3) is 0.312. The van der Waals surface area contributed by atoms with Crippen molar-refractivity contribution in [2.24, 2.45) is 7.05 Å². The van der Waals surface area contributed by atoms with Gasteiger partial charge in [0.1, 0.15) is 11.3 Å². The Bertz CT molecular complexity index is 726. The molecule has 0 saturated carbocycles. The number of hydrogen-bond donors (Lipinski definition) is 1. The Morgan fingerprint density at radius 2 is 2.15 bits per heavy atom. The molecule has 0 radical (unpaired) electrons. The molecule has 104 valence electrons. The van der Waals surface area contributed by atoms with E-state index in [1.807, 2.05) is 42.3 Å². The molecule has 1 aromatic carbocycles. The molecular formula is C16H19N3O. The average Bonchev–Trinajstić information content (AvgIpc) is 3.01. The quantitative estimate of drug-likeness (QED) is 0.790. The van der Waals surface area contributed by atoms with Crippen LogP contribution < -0.4 is 5.32 Å². The highest BCUT2D eigenvalue weighted by atomic mass is 16.3. The Hall–Kier alpha value is -2.07. The zero-order chi connectivity index (χ0) is 14.1. The number of para-hydroxylation sites is 1. The van der Waals surface area contributed by atoms with Crippen LogP contribution in [-0.4, -0.2) is 9.55 Å². The Kier molecular flexibility index (Phi) is 3.32. The van der Waals surface area contributed by atoms with Crippen molar-refractivity contribution in [3.63, 3.8) is 0 Å². The molecule has 0 saturated heterocycles. The maximum absolute atomic E-state index is 5.98. The molecule has 2 aromatic heterocycles. The van der Waals surface area contributed by atoms with Gasteiger partial charge in [-0.3, -0.25) is 0 Å². The SMILES string of the molecule is Cc1c(C(C)NCc2cncn2C)oc2ccccc12. The molecule has 0 aliphatic heterocycles. The fourth-order valence-corrected chi connectivity index (χ4v) is 2.51. The first-order valence-corrected chi connectivity index (χ1v) is 6.83. The Morgan fingerprint density at radius 3 is 2.85 bits per heavy atom. The van der Waals surface area contributed by atoms with Crippen molar-refractivity contribution in [2.75, 3.05) is 0 Å². The number of aromatic nitrogens is 2. The average molecular weight is 269 g/mol. The van der Waals surface area contributed by atoms with Crippen LogP contribution in [0.15, 0.2) is 41.2 Å². The maximum Gasteiger partial charge on any atom is 0.134 e. The molecule has 1 atom stereocenters. The van der Waals surface area contributed by atoms with Crippen LogP contribution in [-0.2, 0) is 13.6 Å². The van der Waals surface area contributed by atoms with Crippen LogP contribution >= 0.6 is 0 Å². The van der Waals surface area contributed by atoms with Gasteiger partial charge in [0.2, 0.25) is 0 Å². The Morgan fingerprint density at radius 1 is 1.35 bits per heavy atom. The summed E-state index contributed by atoms with van der Waals surface area (Å²) in [7, 11) is 2.00. The number of aryl methyl sites for hydroxylation is 2. The third-order valence-electron chi connectivity index (χ3n) is 3.78. The first-order chi connectivity index (χ1) is 9.66. The zero-order valence-corrected chi connectivity index (χ0v) is 12.1. The molecular weight excluding hydrogens is 250 g/mol. The van der Waals surface area contributed by atoms with Gasteiger partial charge in [0.25, 0.3) is 0 Å². The van der Waals surface area contributed by atoms with E-state index in [1.165, 1.54) is 10.9 Å². The second-order valence-corrected chi connectivity index (χ2v) is 5.19.